The molecule has 0 radical (unpaired) electrons. The summed E-state index contributed by atoms with van der Waals surface area (Å²) in [7, 11) is 0. The number of benzene rings is 2. The highest BCUT2D eigenvalue weighted by Gasteiger charge is 2.18. The van der Waals surface area contributed by atoms with Gasteiger partial charge in [-0.2, -0.15) is 0 Å². The first-order chi connectivity index (χ1) is 14.1. The predicted octanol–water partition coefficient (Wildman–Crippen LogP) is 3.97. The van der Waals surface area contributed by atoms with Crippen LogP contribution in [0.25, 0.3) is 0 Å². The fourth-order valence-corrected chi connectivity index (χ4v) is 3.42. The summed E-state index contributed by atoms with van der Waals surface area (Å²) in [6.45, 7) is 1.99. The van der Waals surface area contributed by atoms with Gasteiger partial charge in [0.25, 0.3) is 0 Å². The second-order valence-corrected chi connectivity index (χ2v) is 7.56. The van der Waals surface area contributed by atoms with Crippen molar-refractivity contribution < 1.29 is 9.59 Å². The van der Waals surface area contributed by atoms with Crippen LogP contribution in [-0.2, 0) is 9.59 Å². The molecule has 2 amide bonds. The number of aryl methyl sites for hydroxylation is 1. The van der Waals surface area contributed by atoms with Gasteiger partial charge in [0.15, 0.2) is 0 Å². The van der Waals surface area contributed by atoms with Crippen LogP contribution in [0.2, 0.25) is 0 Å². The minimum absolute atomic E-state index is 0.129. The van der Waals surface area contributed by atoms with Crippen molar-refractivity contribution in [2.24, 2.45) is 0 Å². The number of rotatable bonds is 8. The first-order valence-electron chi connectivity index (χ1n) is 9.31. The molecule has 1 atom stereocenters. The standard InChI is InChI=1S/C23H23N3O2S/c1-17-10-12-19(13-11-17)25-21(27)15-29-16-22(28)26-23(18-7-3-2-4-8-18)20-9-5-6-14-24-20/h2-14,23H,15-16H2,1H3,(H,25,27)(H,26,28). The molecular formula is C23H23N3O2S. The lowest BCUT2D eigenvalue weighted by molar-refractivity contribution is -0.119. The van der Waals surface area contributed by atoms with Gasteiger partial charge < -0.3 is 10.6 Å². The monoisotopic (exact) mass is 405 g/mol. The number of nitrogens with one attached hydrogen (secondary N) is 2. The summed E-state index contributed by atoms with van der Waals surface area (Å²) in [4.78, 5) is 28.9. The second-order valence-electron chi connectivity index (χ2n) is 6.57. The number of anilines is 1. The number of carbonyl (C=O) groups excluding carboxylic acids is 2. The molecule has 0 aliphatic rings. The van der Waals surface area contributed by atoms with Crippen LogP contribution in [0.5, 0.6) is 0 Å². The lowest BCUT2D eigenvalue weighted by Gasteiger charge is -2.18. The second kappa shape index (κ2) is 10.4. The topological polar surface area (TPSA) is 71.1 Å². The van der Waals surface area contributed by atoms with E-state index in [1.807, 2.05) is 79.7 Å². The van der Waals surface area contributed by atoms with E-state index in [1.54, 1.807) is 6.20 Å². The summed E-state index contributed by atoms with van der Waals surface area (Å²) >= 11 is 1.28. The summed E-state index contributed by atoms with van der Waals surface area (Å²) in [5, 5.41) is 5.86. The fourth-order valence-electron chi connectivity index (χ4n) is 2.79. The number of nitrogens with zero attached hydrogens (tertiary/aromatic N) is 1. The van der Waals surface area contributed by atoms with Gasteiger partial charge in [0, 0.05) is 11.9 Å². The van der Waals surface area contributed by atoms with Crippen molar-refractivity contribution in [1.82, 2.24) is 10.3 Å². The van der Waals surface area contributed by atoms with E-state index in [0.29, 0.717) is 0 Å². The van der Waals surface area contributed by atoms with Crippen LogP contribution in [0.4, 0.5) is 5.69 Å². The SMILES string of the molecule is Cc1ccc(NC(=O)CSCC(=O)NC(c2ccccc2)c2ccccn2)cc1. The highest BCUT2D eigenvalue weighted by molar-refractivity contribution is 8.00. The molecule has 3 rings (SSSR count). The highest BCUT2D eigenvalue weighted by atomic mass is 32.2. The molecule has 1 heterocycles. The minimum atomic E-state index is -0.327. The Labute approximate surface area is 175 Å². The summed E-state index contributed by atoms with van der Waals surface area (Å²) in [6, 6.07) is 22.6. The molecule has 0 fully saturated rings. The first kappa shape index (κ1) is 20.6. The maximum atomic E-state index is 12.5. The normalized spacial score (nSPS) is 11.5. The van der Waals surface area contributed by atoms with Crippen LogP contribution in [0, 0.1) is 6.92 Å². The highest BCUT2D eigenvalue weighted by Crippen LogP contribution is 2.20. The average molecular weight is 406 g/mol. The van der Waals surface area contributed by atoms with Crippen molar-refractivity contribution in [2.75, 3.05) is 16.8 Å². The van der Waals surface area contributed by atoms with E-state index in [9.17, 15) is 9.59 Å². The fraction of sp³-hybridized carbons (Fsp3) is 0.174. The lowest BCUT2D eigenvalue weighted by Crippen LogP contribution is -2.31. The molecule has 6 heteroatoms. The minimum Gasteiger partial charge on any atom is -0.343 e. The van der Waals surface area contributed by atoms with Gasteiger partial charge in [-0.3, -0.25) is 14.6 Å². The van der Waals surface area contributed by atoms with E-state index in [1.165, 1.54) is 11.8 Å². The van der Waals surface area contributed by atoms with Crippen molar-refractivity contribution >= 4 is 29.3 Å². The van der Waals surface area contributed by atoms with Gasteiger partial charge in [-0.1, -0.05) is 54.1 Å². The zero-order valence-corrected chi connectivity index (χ0v) is 17.0. The van der Waals surface area contributed by atoms with E-state index in [2.05, 4.69) is 15.6 Å². The molecule has 2 aromatic carbocycles. The van der Waals surface area contributed by atoms with E-state index >= 15 is 0 Å². The van der Waals surface area contributed by atoms with Crippen molar-refractivity contribution in [2.45, 2.75) is 13.0 Å². The van der Waals surface area contributed by atoms with Crippen molar-refractivity contribution in [3.63, 3.8) is 0 Å². The average Bonchev–Trinajstić information content (AvgIpc) is 2.75. The van der Waals surface area contributed by atoms with E-state index in [4.69, 9.17) is 0 Å². The molecule has 29 heavy (non-hydrogen) atoms. The molecule has 3 aromatic rings. The largest absolute Gasteiger partial charge is 0.343 e. The van der Waals surface area contributed by atoms with Gasteiger partial charge in [0.2, 0.25) is 11.8 Å². The Balaban J connectivity index is 1.52. The number of hydrogen-bond acceptors (Lipinski definition) is 4. The Kier molecular flexibility index (Phi) is 7.41. The van der Waals surface area contributed by atoms with Gasteiger partial charge >= 0.3 is 0 Å². The summed E-state index contributed by atoms with van der Waals surface area (Å²) in [5.74, 6) is 0.131. The first-order valence-corrected chi connectivity index (χ1v) is 10.5. The molecule has 1 unspecified atom stereocenters. The number of amides is 2. The van der Waals surface area contributed by atoms with Crippen LogP contribution < -0.4 is 10.6 Å². The Morgan fingerprint density at radius 3 is 2.28 bits per heavy atom. The molecule has 5 nitrogen and oxygen atoms in total. The Hall–Kier alpha value is -3.12. The number of thioether (sulfide) groups is 1. The molecule has 0 spiro atoms. The Morgan fingerprint density at radius 1 is 0.897 bits per heavy atom. The Bertz CT molecular complexity index is 892. The molecule has 1 aromatic heterocycles. The molecule has 2 N–H and O–H groups in total. The Morgan fingerprint density at radius 2 is 1.59 bits per heavy atom. The summed E-state index contributed by atoms with van der Waals surface area (Å²) < 4.78 is 0. The van der Waals surface area contributed by atoms with Gasteiger partial charge in [-0.05, 0) is 36.8 Å². The van der Waals surface area contributed by atoms with Gasteiger partial charge in [0.1, 0.15) is 0 Å². The molecule has 0 saturated heterocycles. The van der Waals surface area contributed by atoms with Crippen molar-refractivity contribution in [3.8, 4) is 0 Å². The number of carbonyl (C=O) groups is 2. The van der Waals surface area contributed by atoms with E-state index in [0.717, 1.165) is 22.5 Å². The number of hydrogen-bond donors (Lipinski definition) is 2. The maximum Gasteiger partial charge on any atom is 0.234 e. The number of aromatic nitrogens is 1. The predicted molar refractivity (Wildman–Crippen MR) is 118 cm³/mol. The van der Waals surface area contributed by atoms with Crippen molar-refractivity contribution in [3.05, 3.63) is 95.8 Å². The summed E-state index contributed by atoms with van der Waals surface area (Å²) in [6.07, 6.45) is 1.71. The van der Waals surface area contributed by atoms with Crippen LogP contribution >= 0.6 is 11.8 Å². The molecule has 0 saturated carbocycles. The van der Waals surface area contributed by atoms with Gasteiger partial charge in [0.05, 0.1) is 23.2 Å². The van der Waals surface area contributed by atoms with Crippen LogP contribution in [0.3, 0.4) is 0 Å². The van der Waals surface area contributed by atoms with E-state index < -0.39 is 0 Å². The van der Waals surface area contributed by atoms with Crippen LogP contribution in [0.1, 0.15) is 22.9 Å². The summed E-state index contributed by atoms with van der Waals surface area (Å²) in [5.41, 5.74) is 3.62. The van der Waals surface area contributed by atoms with Gasteiger partial charge in [-0.15, -0.1) is 11.8 Å². The molecule has 0 bridgehead atoms. The zero-order valence-electron chi connectivity index (χ0n) is 16.2. The van der Waals surface area contributed by atoms with Crippen LogP contribution in [0.15, 0.2) is 79.0 Å². The molecule has 0 aliphatic carbocycles. The van der Waals surface area contributed by atoms with Gasteiger partial charge in [-0.25, -0.2) is 0 Å². The maximum absolute atomic E-state index is 12.5. The van der Waals surface area contributed by atoms with E-state index in [-0.39, 0.29) is 29.4 Å². The van der Waals surface area contributed by atoms with Crippen LogP contribution in [-0.4, -0.2) is 28.3 Å². The lowest BCUT2D eigenvalue weighted by atomic mass is 10.0. The third-order valence-corrected chi connectivity index (χ3v) is 5.16. The third kappa shape index (κ3) is 6.47. The number of pyridine rings is 1. The molecule has 148 valence electrons. The molecular weight excluding hydrogens is 382 g/mol. The molecule has 0 aliphatic heterocycles. The third-order valence-electron chi connectivity index (χ3n) is 4.22. The van der Waals surface area contributed by atoms with Crippen molar-refractivity contribution in [1.29, 1.82) is 0 Å². The zero-order chi connectivity index (χ0) is 20.5. The quantitative estimate of drug-likeness (QED) is 0.595. The smallest absolute Gasteiger partial charge is 0.234 e.